The van der Waals surface area contributed by atoms with Crippen molar-refractivity contribution >= 4 is 11.8 Å². The third-order valence-electron chi connectivity index (χ3n) is 4.13. The van der Waals surface area contributed by atoms with Gasteiger partial charge in [0.1, 0.15) is 0 Å². The fourth-order valence-corrected chi connectivity index (χ4v) is 4.39. The first-order valence-electron chi connectivity index (χ1n) is 8.11. The van der Waals surface area contributed by atoms with E-state index < -0.39 is 0 Å². The molecular formula is C18H28S. The van der Waals surface area contributed by atoms with Gasteiger partial charge in [-0.1, -0.05) is 63.3 Å². The Morgan fingerprint density at radius 2 is 1.84 bits per heavy atom. The van der Waals surface area contributed by atoms with Crippen LogP contribution in [0.1, 0.15) is 74.7 Å². The molecule has 0 saturated carbocycles. The molecule has 1 unspecified atom stereocenters. The summed E-state index contributed by atoms with van der Waals surface area (Å²) in [5.41, 5.74) is 3.24. The van der Waals surface area contributed by atoms with E-state index in [1.165, 1.54) is 63.5 Å². The molecule has 0 fully saturated rings. The maximum atomic E-state index is 2.35. The molecule has 0 nitrogen and oxygen atoms in total. The monoisotopic (exact) mass is 276 g/mol. The predicted octanol–water partition coefficient (Wildman–Crippen LogP) is 6.16. The first-order chi connectivity index (χ1) is 9.42. The molecule has 1 aromatic carbocycles. The Kier molecular flexibility index (Phi) is 6.84. The summed E-state index contributed by atoms with van der Waals surface area (Å²) in [6.45, 7) is 2.29. The van der Waals surface area contributed by atoms with Crippen LogP contribution in [0.4, 0.5) is 0 Å². The number of thioether (sulfide) groups is 1. The summed E-state index contributed by atoms with van der Waals surface area (Å²) in [5.74, 6) is 1.35. The summed E-state index contributed by atoms with van der Waals surface area (Å²) in [6, 6.07) is 9.09. The molecule has 0 radical (unpaired) electrons. The first kappa shape index (κ1) is 15.0. The van der Waals surface area contributed by atoms with E-state index in [9.17, 15) is 0 Å². The third kappa shape index (κ3) is 4.87. The Balaban J connectivity index is 1.67. The quantitative estimate of drug-likeness (QED) is 0.512. The van der Waals surface area contributed by atoms with E-state index >= 15 is 0 Å². The molecule has 19 heavy (non-hydrogen) atoms. The zero-order valence-electron chi connectivity index (χ0n) is 12.4. The van der Waals surface area contributed by atoms with Crippen molar-refractivity contribution in [2.45, 2.75) is 70.0 Å². The van der Waals surface area contributed by atoms with Crippen molar-refractivity contribution in [1.29, 1.82) is 0 Å². The second-order valence-electron chi connectivity index (χ2n) is 5.72. The molecule has 1 heteroatoms. The molecule has 0 saturated heterocycles. The predicted molar refractivity (Wildman–Crippen MR) is 88.0 cm³/mol. The van der Waals surface area contributed by atoms with Gasteiger partial charge in [-0.3, -0.25) is 0 Å². The molecule has 106 valence electrons. The lowest BCUT2D eigenvalue weighted by Gasteiger charge is -2.25. The SMILES string of the molecule is CCCCCCCCSC1CCCc2ccccc21. The van der Waals surface area contributed by atoms with Crippen LogP contribution in [0.25, 0.3) is 0 Å². The number of hydrogen-bond donors (Lipinski definition) is 0. The molecule has 0 heterocycles. The molecule has 0 bridgehead atoms. The molecule has 0 aromatic heterocycles. The molecule has 1 atom stereocenters. The van der Waals surface area contributed by atoms with Crippen molar-refractivity contribution in [3.63, 3.8) is 0 Å². The largest absolute Gasteiger partial charge is 0.154 e. The first-order valence-corrected chi connectivity index (χ1v) is 9.16. The fourth-order valence-electron chi connectivity index (χ4n) is 2.99. The lowest BCUT2D eigenvalue weighted by molar-refractivity contribution is 0.625. The summed E-state index contributed by atoms with van der Waals surface area (Å²) < 4.78 is 0. The van der Waals surface area contributed by atoms with Gasteiger partial charge in [0.25, 0.3) is 0 Å². The highest BCUT2D eigenvalue weighted by Crippen LogP contribution is 2.39. The highest BCUT2D eigenvalue weighted by molar-refractivity contribution is 7.99. The highest BCUT2D eigenvalue weighted by Gasteiger charge is 2.19. The maximum Gasteiger partial charge on any atom is 0.0300 e. The Bertz CT molecular complexity index is 358. The summed E-state index contributed by atoms with van der Waals surface area (Å²) >= 11 is 2.20. The van der Waals surface area contributed by atoms with Crippen LogP contribution in [0, 0.1) is 0 Å². The normalized spacial score (nSPS) is 18.3. The van der Waals surface area contributed by atoms with Crippen molar-refractivity contribution in [3.05, 3.63) is 35.4 Å². The molecule has 0 amide bonds. The second kappa shape index (κ2) is 8.68. The minimum Gasteiger partial charge on any atom is -0.154 e. The van der Waals surface area contributed by atoms with Crippen molar-refractivity contribution in [2.75, 3.05) is 5.75 Å². The van der Waals surface area contributed by atoms with Crippen LogP contribution < -0.4 is 0 Å². The molecule has 0 spiro atoms. The van der Waals surface area contributed by atoms with E-state index in [4.69, 9.17) is 0 Å². The van der Waals surface area contributed by atoms with Gasteiger partial charge in [-0.05, 0) is 42.6 Å². The lowest BCUT2D eigenvalue weighted by Crippen LogP contribution is -2.07. The van der Waals surface area contributed by atoms with E-state index in [0.717, 1.165) is 5.25 Å². The van der Waals surface area contributed by atoms with Gasteiger partial charge in [0.15, 0.2) is 0 Å². The minimum atomic E-state index is 0.778. The van der Waals surface area contributed by atoms with E-state index in [1.807, 2.05) is 0 Å². The number of rotatable bonds is 8. The van der Waals surface area contributed by atoms with E-state index in [2.05, 4.69) is 43.0 Å². The van der Waals surface area contributed by atoms with Crippen LogP contribution in [0.15, 0.2) is 24.3 Å². The average Bonchev–Trinajstić information content (AvgIpc) is 2.46. The Hall–Kier alpha value is -0.430. The average molecular weight is 276 g/mol. The van der Waals surface area contributed by atoms with Gasteiger partial charge >= 0.3 is 0 Å². The number of aryl methyl sites for hydroxylation is 1. The van der Waals surface area contributed by atoms with Crippen LogP contribution in [0.5, 0.6) is 0 Å². The van der Waals surface area contributed by atoms with E-state index in [-0.39, 0.29) is 0 Å². The maximum absolute atomic E-state index is 2.35. The Morgan fingerprint density at radius 1 is 1.05 bits per heavy atom. The van der Waals surface area contributed by atoms with Crippen molar-refractivity contribution in [2.24, 2.45) is 0 Å². The Morgan fingerprint density at radius 3 is 2.74 bits per heavy atom. The van der Waals surface area contributed by atoms with Gasteiger partial charge in [-0.2, -0.15) is 11.8 Å². The molecule has 2 rings (SSSR count). The summed E-state index contributed by atoms with van der Waals surface area (Å²) in [7, 11) is 0. The zero-order valence-corrected chi connectivity index (χ0v) is 13.2. The van der Waals surface area contributed by atoms with Gasteiger partial charge in [0.05, 0.1) is 0 Å². The molecule has 0 N–H and O–H groups in total. The third-order valence-corrected chi connectivity index (χ3v) is 5.55. The van der Waals surface area contributed by atoms with Gasteiger partial charge < -0.3 is 0 Å². The highest BCUT2D eigenvalue weighted by atomic mass is 32.2. The summed E-state index contributed by atoms with van der Waals surface area (Å²) in [6.07, 6.45) is 12.6. The van der Waals surface area contributed by atoms with Crippen LogP contribution in [0.3, 0.4) is 0 Å². The molecule has 1 aromatic rings. The number of fused-ring (bicyclic) bond motifs is 1. The number of benzene rings is 1. The van der Waals surface area contributed by atoms with Crippen LogP contribution in [0.2, 0.25) is 0 Å². The lowest BCUT2D eigenvalue weighted by atomic mass is 9.91. The van der Waals surface area contributed by atoms with Crippen molar-refractivity contribution < 1.29 is 0 Å². The van der Waals surface area contributed by atoms with Gasteiger partial charge in [-0.25, -0.2) is 0 Å². The molecule has 1 aliphatic rings. The van der Waals surface area contributed by atoms with Gasteiger partial charge in [0.2, 0.25) is 0 Å². The standard InChI is InChI=1S/C18H28S/c1-2-3-4-5-6-9-15-19-18-14-10-12-16-11-7-8-13-17(16)18/h7-8,11,13,18H,2-6,9-10,12,14-15H2,1H3. The molecule has 0 aliphatic heterocycles. The van der Waals surface area contributed by atoms with Gasteiger partial charge in [0, 0.05) is 5.25 Å². The molecule has 1 aliphatic carbocycles. The molecular weight excluding hydrogens is 248 g/mol. The topological polar surface area (TPSA) is 0 Å². The van der Waals surface area contributed by atoms with E-state index in [0.29, 0.717) is 0 Å². The fraction of sp³-hybridized carbons (Fsp3) is 0.667. The zero-order chi connectivity index (χ0) is 13.3. The summed E-state index contributed by atoms with van der Waals surface area (Å²) in [4.78, 5) is 0. The smallest absolute Gasteiger partial charge is 0.0300 e. The van der Waals surface area contributed by atoms with E-state index in [1.54, 1.807) is 11.1 Å². The minimum absolute atomic E-state index is 0.778. The van der Waals surface area contributed by atoms with Crippen LogP contribution >= 0.6 is 11.8 Å². The van der Waals surface area contributed by atoms with Crippen molar-refractivity contribution in [1.82, 2.24) is 0 Å². The second-order valence-corrected chi connectivity index (χ2v) is 7.03. The Labute approximate surface area is 123 Å². The number of unbranched alkanes of at least 4 members (excludes halogenated alkanes) is 5. The van der Waals surface area contributed by atoms with Crippen LogP contribution in [-0.4, -0.2) is 5.75 Å². The van der Waals surface area contributed by atoms with Crippen molar-refractivity contribution in [3.8, 4) is 0 Å². The number of hydrogen-bond acceptors (Lipinski definition) is 1. The summed E-state index contributed by atoms with van der Waals surface area (Å²) in [5, 5.41) is 0.778. The van der Waals surface area contributed by atoms with Crippen LogP contribution in [-0.2, 0) is 6.42 Å². The van der Waals surface area contributed by atoms with Gasteiger partial charge in [-0.15, -0.1) is 0 Å².